The molecule has 9 heteroatoms. The first-order valence-corrected chi connectivity index (χ1v) is 8.61. The van der Waals surface area contributed by atoms with Gasteiger partial charge >= 0.3 is 0 Å². The fourth-order valence-corrected chi connectivity index (χ4v) is 3.23. The van der Waals surface area contributed by atoms with Crippen molar-refractivity contribution < 1.29 is 0 Å². The highest BCUT2D eigenvalue weighted by atomic mass is 35.5. The van der Waals surface area contributed by atoms with Gasteiger partial charge in [-0.25, -0.2) is 15.1 Å². The van der Waals surface area contributed by atoms with Crippen LogP contribution in [0.25, 0.3) is 27.9 Å². The Bertz CT molecular complexity index is 1280. The highest BCUT2D eigenvalue weighted by Crippen LogP contribution is 2.27. The number of aromatic nitrogens is 7. The molecule has 0 aliphatic carbocycles. The molecule has 2 aromatic carbocycles. The molecule has 8 nitrogen and oxygen atoms in total. The van der Waals surface area contributed by atoms with E-state index >= 15 is 0 Å². The summed E-state index contributed by atoms with van der Waals surface area (Å²) in [5, 5.41) is 18.9. The number of hydrogen-bond acceptors (Lipinski definition) is 6. The van der Waals surface area contributed by atoms with E-state index in [-0.39, 0.29) is 0 Å². The number of hydrogen-bond donors (Lipinski definition) is 2. The monoisotopic (exact) mass is 376 g/mol. The van der Waals surface area contributed by atoms with Crippen molar-refractivity contribution in [2.75, 3.05) is 5.32 Å². The van der Waals surface area contributed by atoms with Gasteiger partial charge in [-0.15, -0.1) is 5.10 Å². The molecule has 27 heavy (non-hydrogen) atoms. The van der Waals surface area contributed by atoms with E-state index in [9.17, 15) is 0 Å². The van der Waals surface area contributed by atoms with Gasteiger partial charge in [0.15, 0.2) is 5.82 Å². The van der Waals surface area contributed by atoms with Gasteiger partial charge in [0.2, 0.25) is 5.95 Å². The SMILES string of the molecule is Cc1cn2c(Nc3cccc(Cl)c3)nc3cc(-c4nnn[nH]4)ccc3c2n1. The van der Waals surface area contributed by atoms with Crippen LogP contribution in [0, 0.1) is 6.92 Å². The fourth-order valence-electron chi connectivity index (χ4n) is 3.04. The Labute approximate surface area is 158 Å². The van der Waals surface area contributed by atoms with Gasteiger partial charge in [0.1, 0.15) is 5.65 Å². The maximum Gasteiger partial charge on any atom is 0.213 e. The summed E-state index contributed by atoms with van der Waals surface area (Å²) in [7, 11) is 0. The number of tetrazole rings is 1. The Kier molecular flexibility index (Phi) is 3.51. The number of aromatic amines is 1. The summed E-state index contributed by atoms with van der Waals surface area (Å²) < 4.78 is 1.94. The van der Waals surface area contributed by atoms with Crippen LogP contribution in [-0.4, -0.2) is 35.0 Å². The van der Waals surface area contributed by atoms with Gasteiger partial charge < -0.3 is 5.32 Å². The lowest BCUT2D eigenvalue weighted by Crippen LogP contribution is -2.02. The van der Waals surface area contributed by atoms with Crippen LogP contribution in [0.4, 0.5) is 11.6 Å². The van der Waals surface area contributed by atoms with Gasteiger partial charge in [-0.05, 0) is 47.7 Å². The average molecular weight is 377 g/mol. The largest absolute Gasteiger partial charge is 0.325 e. The molecule has 0 aliphatic rings. The van der Waals surface area contributed by atoms with Crippen molar-refractivity contribution in [3.05, 3.63) is 59.4 Å². The van der Waals surface area contributed by atoms with E-state index < -0.39 is 0 Å². The highest BCUT2D eigenvalue weighted by Gasteiger charge is 2.13. The van der Waals surface area contributed by atoms with Crippen molar-refractivity contribution in [3.63, 3.8) is 0 Å². The van der Waals surface area contributed by atoms with Gasteiger partial charge in [0.25, 0.3) is 0 Å². The highest BCUT2D eigenvalue weighted by molar-refractivity contribution is 6.30. The average Bonchev–Trinajstić information content (AvgIpc) is 3.31. The van der Waals surface area contributed by atoms with Gasteiger partial charge in [-0.1, -0.05) is 23.7 Å². The molecule has 0 saturated heterocycles. The molecule has 0 aliphatic heterocycles. The normalized spacial score (nSPS) is 11.3. The van der Waals surface area contributed by atoms with E-state index in [1.165, 1.54) is 0 Å². The minimum atomic E-state index is 0.586. The van der Waals surface area contributed by atoms with E-state index in [4.69, 9.17) is 16.6 Å². The molecule has 0 saturated carbocycles. The van der Waals surface area contributed by atoms with Crippen molar-refractivity contribution >= 4 is 39.8 Å². The van der Waals surface area contributed by atoms with Crippen LogP contribution in [0.15, 0.2) is 48.7 Å². The predicted octanol–water partition coefficient (Wildman–Crippen LogP) is 3.77. The van der Waals surface area contributed by atoms with Crippen LogP contribution in [0.5, 0.6) is 0 Å². The number of imidazole rings is 1. The summed E-state index contributed by atoms with van der Waals surface area (Å²) in [4.78, 5) is 9.46. The standard InChI is InChI=1S/C18H13ClN8/c1-10-9-27-17(20-10)14-6-5-11(16-23-25-26-24-16)7-15(14)22-18(27)21-13-4-2-3-12(19)8-13/h2-9H,1H3,(H,21,22)(H,23,24,25,26). The van der Waals surface area contributed by atoms with Gasteiger partial charge in [-0.3, -0.25) is 4.40 Å². The maximum absolute atomic E-state index is 6.10. The topological polar surface area (TPSA) is 96.7 Å². The zero-order chi connectivity index (χ0) is 18.4. The third-order valence-electron chi connectivity index (χ3n) is 4.22. The minimum Gasteiger partial charge on any atom is -0.325 e. The molecule has 132 valence electrons. The van der Waals surface area contributed by atoms with Crippen molar-refractivity contribution in [2.24, 2.45) is 0 Å². The number of anilines is 2. The first kappa shape index (κ1) is 15.7. The van der Waals surface area contributed by atoms with Gasteiger partial charge in [0.05, 0.1) is 11.2 Å². The van der Waals surface area contributed by atoms with E-state index in [0.29, 0.717) is 16.8 Å². The number of fused-ring (bicyclic) bond motifs is 3. The van der Waals surface area contributed by atoms with Crippen LogP contribution < -0.4 is 5.32 Å². The zero-order valence-corrected chi connectivity index (χ0v) is 14.9. The van der Waals surface area contributed by atoms with Crippen LogP contribution in [0.3, 0.4) is 0 Å². The zero-order valence-electron chi connectivity index (χ0n) is 14.2. The molecular weight excluding hydrogens is 364 g/mol. The van der Waals surface area contributed by atoms with Gasteiger partial charge in [0, 0.05) is 27.9 Å². The van der Waals surface area contributed by atoms with Crippen LogP contribution in [0.2, 0.25) is 5.02 Å². The summed E-state index contributed by atoms with van der Waals surface area (Å²) in [5.41, 5.74) is 4.21. The van der Waals surface area contributed by atoms with Crippen LogP contribution in [0.1, 0.15) is 5.69 Å². The van der Waals surface area contributed by atoms with E-state index in [1.54, 1.807) is 0 Å². The molecule has 0 radical (unpaired) electrons. The minimum absolute atomic E-state index is 0.586. The number of nitrogens with zero attached hydrogens (tertiary/aromatic N) is 6. The third-order valence-corrected chi connectivity index (χ3v) is 4.45. The number of aryl methyl sites for hydroxylation is 1. The maximum atomic E-state index is 6.10. The molecule has 2 N–H and O–H groups in total. The van der Waals surface area contributed by atoms with E-state index in [2.05, 4.69) is 30.9 Å². The second-order valence-electron chi connectivity index (χ2n) is 6.13. The number of halogens is 1. The Morgan fingerprint density at radius 2 is 2.04 bits per heavy atom. The van der Waals surface area contributed by atoms with Crippen molar-refractivity contribution in [1.82, 2.24) is 35.0 Å². The molecule has 0 bridgehead atoms. The first-order valence-electron chi connectivity index (χ1n) is 8.23. The Balaban J connectivity index is 1.72. The molecule has 0 atom stereocenters. The molecule has 0 spiro atoms. The summed E-state index contributed by atoms with van der Waals surface area (Å²) in [5.74, 6) is 1.23. The first-order chi connectivity index (χ1) is 13.2. The Morgan fingerprint density at radius 3 is 2.85 bits per heavy atom. The smallest absolute Gasteiger partial charge is 0.213 e. The Morgan fingerprint density at radius 1 is 1.11 bits per heavy atom. The number of rotatable bonds is 3. The molecule has 0 unspecified atom stereocenters. The molecule has 0 amide bonds. The van der Waals surface area contributed by atoms with Crippen molar-refractivity contribution in [3.8, 4) is 11.4 Å². The second kappa shape index (κ2) is 6.03. The summed E-state index contributed by atoms with van der Waals surface area (Å²) in [6.07, 6.45) is 1.95. The molecule has 5 aromatic rings. The quantitative estimate of drug-likeness (QED) is 0.497. The van der Waals surface area contributed by atoms with Crippen LogP contribution in [-0.2, 0) is 0 Å². The summed E-state index contributed by atoms with van der Waals surface area (Å²) >= 11 is 6.10. The van der Waals surface area contributed by atoms with Crippen molar-refractivity contribution in [2.45, 2.75) is 6.92 Å². The molecular formula is C18H13ClN8. The van der Waals surface area contributed by atoms with Gasteiger partial charge in [-0.2, -0.15) is 0 Å². The summed E-state index contributed by atoms with van der Waals surface area (Å²) in [6.45, 7) is 1.95. The lowest BCUT2D eigenvalue weighted by Gasteiger charge is -2.11. The molecule has 3 heterocycles. The second-order valence-corrected chi connectivity index (χ2v) is 6.56. The van der Waals surface area contributed by atoms with Crippen molar-refractivity contribution in [1.29, 1.82) is 0 Å². The molecule has 3 aromatic heterocycles. The lowest BCUT2D eigenvalue weighted by atomic mass is 10.1. The number of H-pyrrole nitrogens is 1. The molecule has 0 fully saturated rings. The number of nitrogens with one attached hydrogen (secondary N) is 2. The fraction of sp³-hybridized carbons (Fsp3) is 0.0556. The summed E-state index contributed by atoms with van der Waals surface area (Å²) in [6, 6.07) is 13.4. The van der Waals surface area contributed by atoms with E-state index in [1.807, 2.05) is 60.0 Å². The van der Waals surface area contributed by atoms with E-state index in [0.717, 1.165) is 33.5 Å². The van der Waals surface area contributed by atoms with Crippen LogP contribution >= 0.6 is 11.6 Å². The number of benzene rings is 2. The third kappa shape index (κ3) is 2.76. The Hall–Kier alpha value is -3.52. The molecule has 5 rings (SSSR count). The predicted molar refractivity (Wildman–Crippen MR) is 103 cm³/mol. The lowest BCUT2D eigenvalue weighted by molar-refractivity contribution is 0.881.